The highest BCUT2D eigenvalue weighted by molar-refractivity contribution is 5.85. The molecule has 1 saturated carbocycles. The van der Waals surface area contributed by atoms with Gasteiger partial charge in [-0.2, -0.15) is 0 Å². The summed E-state index contributed by atoms with van der Waals surface area (Å²) in [6.45, 7) is 2.02. The Bertz CT molecular complexity index is 627. The Hall–Kier alpha value is -1.84. The van der Waals surface area contributed by atoms with Crippen LogP contribution in [0.15, 0.2) is 54.6 Å². The van der Waals surface area contributed by atoms with Gasteiger partial charge in [0.05, 0.1) is 0 Å². The molecule has 1 aliphatic carbocycles. The number of carbonyl (C=O) groups excluding carboxylic acids is 1. The topological polar surface area (TPSA) is 55.1 Å². The van der Waals surface area contributed by atoms with Crippen molar-refractivity contribution in [3.63, 3.8) is 0 Å². The van der Waals surface area contributed by atoms with Gasteiger partial charge in [0.2, 0.25) is 5.91 Å². The molecule has 22 heavy (non-hydrogen) atoms. The average molecular weight is 317 g/mol. The Labute approximate surface area is 137 Å². The van der Waals surface area contributed by atoms with Crippen molar-refractivity contribution in [2.45, 2.75) is 31.3 Å². The third-order valence-corrected chi connectivity index (χ3v) is 4.06. The molecule has 4 heteroatoms. The lowest BCUT2D eigenvalue weighted by Crippen LogP contribution is -2.35. The molecule has 0 saturated heterocycles. The molecule has 1 fully saturated rings. The highest BCUT2D eigenvalue weighted by Crippen LogP contribution is 2.40. The minimum Gasteiger partial charge on any atom is -0.351 e. The highest BCUT2D eigenvalue weighted by Gasteiger charge is 2.40. The Kier molecular flexibility index (Phi) is 5.22. The van der Waals surface area contributed by atoms with Gasteiger partial charge in [-0.05, 0) is 24.5 Å². The van der Waals surface area contributed by atoms with E-state index in [2.05, 4.69) is 17.4 Å². The zero-order valence-electron chi connectivity index (χ0n) is 12.5. The first kappa shape index (κ1) is 16.5. The fourth-order valence-electron chi connectivity index (χ4n) is 2.62. The van der Waals surface area contributed by atoms with E-state index in [1.165, 1.54) is 5.56 Å². The van der Waals surface area contributed by atoms with Crippen LogP contribution in [-0.2, 0) is 4.79 Å². The van der Waals surface area contributed by atoms with Crippen LogP contribution in [-0.4, -0.2) is 11.9 Å². The molecule has 3 unspecified atom stereocenters. The molecule has 0 aromatic heterocycles. The Morgan fingerprint density at radius 1 is 1.14 bits per heavy atom. The van der Waals surface area contributed by atoms with Crippen LogP contribution in [0.2, 0.25) is 0 Å². The van der Waals surface area contributed by atoms with Crippen molar-refractivity contribution in [3.8, 4) is 0 Å². The molecule has 3 rings (SSSR count). The van der Waals surface area contributed by atoms with Gasteiger partial charge >= 0.3 is 0 Å². The molecule has 1 aliphatic rings. The Morgan fingerprint density at radius 2 is 1.77 bits per heavy atom. The minimum absolute atomic E-state index is 0. The molecule has 3 N–H and O–H groups in total. The summed E-state index contributed by atoms with van der Waals surface area (Å²) in [5.74, 6) is 0.336. The summed E-state index contributed by atoms with van der Waals surface area (Å²) in [6.07, 6.45) is 0.996. The predicted molar refractivity (Wildman–Crippen MR) is 91.1 cm³/mol. The molecule has 1 amide bonds. The van der Waals surface area contributed by atoms with Crippen molar-refractivity contribution in [2.24, 2.45) is 5.73 Å². The lowest BCUT2D eigenvalue weighted by Gasteiger charge is -2.13. The van der Waals surface area contributed by atoms with Gasteiger partial charge in [-0.25, -0.2) is 0 Å². The molecule has 2 aromatic carbocycles. The van der Waals surface area contributed by atoms with Crippen LogP contribution in [0.1, 0.15) is 35.1 Å². The van der Waals surface area contributed by atoms with E-state index in [0.717, 1.165) is 17.5 Å². The SMILES string of the molecule is Cc1ccc(C(N)C(=O)NC2CC2c2ccccc2)cc1.Cl. The van der Waals surface area contributed by atoms with E-state index >= 15 is 0 Å². The summed E-state index contributed by atoms with van der Waals surface area (Å²) in [5, 5.41) is 3.05. The zero-order chi connectivity index (χ0) is 14.8. The van der Waals surface area contributed by atoms with Crippen molar-refractivity contribution in [3.05, 3.63) is 71.3 Å². The summed E-state index contributed by atoms with van der Waals surface area (Å²) in [7, 11) is 0. The number of hydrogen-bond donors (Lipinski definition) is 2. The zero-order valence-corrected chi connectivity index (χ0v) is 13.3. The number of benzene rings is 2. The average Bonchev–Trinajstić information content (AvgIpc) is 3.27. The van der Waals surface area contributed by atoms with Crippen LogP contribution in [0.25, 0.3) is 0 Å². The molecule has 0 bridgehead atoms. The summed E-state index contributed by atoms with van der Waals surface area (Å²) in [4.78, 5) is 12.2. The third-order valence-electron chi connectivity index (χ3n) is 4.06. The number of aryl methyl sites for hydroxylation is 1. The lowest BCUT2D eigenvalue weighted by atomic mass is 10.1. The van der Waals surface area contributed by atoms with Gasteiger partial charge < -0.3 is 11.1 Å². The summed E-state index contributed by atoms with van der Waals surface area (Å²) in [5.41, 5.74) is 9.34. The first-order chi connectivity index (χ1) is 10.1. The van der Waals surface area contributed by atoms with Gasteiger partial charge in [0.1, 0.15) is 6.04 Å². The van der Waals surface area contributed by atoms with E-state index in [4.69, 9.17) is 5.73 Å². The van der Waals surface area contributed by atoms with E-state index in [1.54, 1.807) is 0 Å². The molecule has 0 aliphatic heterocycles. The van der Waals surface area contributed by atoms with E-state index < -0.39 is 6.04 Å². The second-order valence-corrected chi connectivity index (χ2v) is 5.76. The van der Waals surface area contributed by atoms with Crippen LogP contribution in [0.5, 0.6) is 0 Å². The predicted octanol–water partition coefficient (Wildman–Crippen LogP) is 3.09. The number of nitrogens with two attached hydrogens (primary N) is 1. The lowest BCUT2D eigenvalue weighted by molar-refractivity contribution is -0.122. The molecule has 116 valence electrons. The summed E-state index contributed by atoms with van der Waals surface area (Å²) >= 11 is 0. The van der Waals surface area contributed by atoms with Gasteiger partial charge in [0.25, 0.3) is 0 Å². The fourth-order valence-corrected chi connectivity index (χ4v) is 2.62. The molecule has 2 aromatic rings. The third kappa shape index (κ3) is 3.67. The second-order valence-electron chi connectivity index (χ2n) is 5.76. The van der Waals surface area contributed by atoms with Gasteiger partial charge in [-0.15, -0.1) is 12.4 Å². The van der Waals surface area contributed by atoms with Crippen LogP contribution in [0.4, 0.5) is 0 Å². The fraction of sp³-hybridized carbons (Fsp3) is 0.278. The molecule has 0 radical (unpaired) electrons. The van der Waals surface area contributed by atoms with Crippen molar-refractivity contribution in [1.82, 2.24) is 5.32 Å². The van der Waals surface area contributed by atoms with E-state index in [0.29, 0.717) is 5.92 Å². The standard InChI is InChI=1S/C18H20N2O.ClH/c1-12-7-9-14(10-8-12)17(19)18(21)20-16-11-15(16)13-5-3-2-4-6-13;/h2-10,15-17H,11,19H2,1H3,(H,20,21);1H. The van der Waals surface area contributed by atoms with Crippen molar-refractivity contribution < 1.29 is 4.79 Å². The first-order valence-electron chi connectivity index (χ1n) is 7.32. The normalized spacial score (nSPS) is 20.6. The minimum atomic E-state index is -0.595. The van der Waals surface area contributed by atoms with Crippen LogP contribution in [0, 0.1) is 6.92 Å². The summed E-state index contributed by atoms with van der Waals surface area (Å²) < 4.78 is 0. The monoisotopic (exact) mass is 316 g/mol. The van der Waals surface area contributed by atoms with Gasteiger partial charge in [0.15, 0.2) is 0 Å². The second kappa shape index (κ2) is 6.95. The molecular weight excluding hydrogens is 296 g/mol. The highest BCUT2D eigenvalue weighted by atomic mass is 35.5. The maximum atomic E-state index is 12.2. The number of nitrogens with one attached hydrogen (secondary N) is 1. The molecule has 3 atom stereocenters. The Balaban J connectivity index is 0.00000176. The number of amides is 1. The maximum Gasteiger partial charge on any atom is 0.241 e. The number of carbonyl (C=O) groups is 1. The molecular formula is C18H21ClN2O. The van der Waals surface area contributed by atoms with Gasteiger partial charge in [0, 0.05) is 12.0 Å². The molecule has 0 spiro atoms. The molecule has 3 nitrogen and oxygen atoms in total. The Morgan fingerprint density at radius 3 is 2.41 bits per heavy atom. The number of halogens is 1. The van der Waals surface area contributed by atoms with Crippen LogP contribution < -0.4 is 11.1 Å². The smallest absolute Gasteiger partial charge is 0.241 e. The van der Waals surface area contributed by atoms with E-state index in [1.807, 2.05) is 49.4 Å². The van der Waals surface area contributed by atoms with Gasteiger partial charge in [-0.3, -0.25) is 4.79 Å². The van der Waals surface area contributed by atoms with Crippen molar-refractivity contribution >= 4 is 18.3 Å². The summed E-state index contributed by atoms with van der Waals surface area (Å²) in [6, 6.07) is 17.7. The van der Waals surface area contributed by atoms with Crippen molar-refractivity contribution in [1.29, 1.82) is 0 Å². The van der Waals surface area contributed by atoms with Crippen LogP contribution in [0.3, 0.4) is 0 Å². The number of hydrogen-bond acceptors (Lipinski definition) is 2. The maximum absolute atomic E-state index is 12.2. The number of rotatable bonds is 4. The first-order valence-corrected chi connectivity index (χ1v) is 7.32. The van der Waals surface area contributed by atoms with Crippen molar-refractivity contribution in [2.75, 3.05) is 0 Å². The van der Waals surface area contributed by atoms with E-state index in [9.17, 15) is 4.79 Å². The van der Waals surface area contributed by atoms with Gasteiger partial charge in [-0.1, -0.05) is 60.2 Å². The van der Waals surface area contributed by atoms with E-state index in [-0.39, 0.29) is 24.4 Å². The van der Waals surface area contributed by atoms with Crippen LogP contribution >= 0.6 is 12.4 Å². The largest absolute Gasteiger partial charge is 0.351 e. The quantitative estimate of drug-likeness (QED) is 0.910. The molecule has 0 heterocycles.